The number of nitrogens with zero attached hydrogens (tertiary/aromatic N) is 2. The highest BCUT2D eigenvalue weighted by Gasteiger charge is 2.10. The second-order valence-corrected chi connectivity index (χ2v) is 3.91. The number of hydrogen-bond donors (Lipinski definition) is 1. The molecule has 1 aromatic carbocycles. The molecule has 1 saturated heterocycles. The zero-order valence-corrected chi connectivity index (χ0v) is 9.30. The van der Waals surface area contributed by atoms with Gasteiger partial charge in [-0.2, -0.15) is 5.10 Å². The Kier molecular flexibility index (Phi) is 3.91. The molecule has 1 aliphatic rings. The van der Waals surface area contributed by atoms with Crippen molar-refractivity contribution in [2.75, 3.05) is 26.3 Å². The molecule has 0 radical (unpaired) electrons. The van der Waals surface area contributed by atoms with Gasteiger partial charge >= 0.3 is 0 Å². The third-order valence-corrected chi connectivity index (χ3v) is 2.68. The number of hydrazone groups is 1. The van der Waals surface area contributed by atoms with Crippen molar-refractivity contribution in [3.8, 4) is 0 Å². The lowest BCUT2D eigenvalue weighted by Crippen LogP contribution is -2.35. The Hall–Kier alpha value is -1.39. The van der Waals surface area contributed by atoms with Crippen LogP contribution >= 0.6 is 0 Å². The monoisotopic (exact) mass is 219 g/mol. The third-order valence-electron chi connectivity index (χ3n) is 2.68. The van der Waals surface area contributed by atoms with Gasteiger partial charge in [-0.25, -0.2) is 0 Å². The maximum absolute atomic E-state index is 5.32. The smallest absolute Gasteiger partial charge is 0.0594 e. The molecule has 0 atom stereocenters. The summed E-state index contributed by atoms with van der Waals surface area (Å²) in [5.74, 6) is 5.14. The SMILES string of the molecule is NN=Cc1cccc(CN2CCOCC2)c1. The van der Waals surface area contributed by atoms with E-state index in [1.165, 1.54) is 5.56 Å². The number of benzene rings is 1. The van der Waals surface area contributed by atoms with Crippen LogP contribution in [0.15, 0.2) is 29.4 Å². The highest BCUT2D eigenvalue weighted by molar-refractivity contribution is 5.79. The second-order valence-electron chi connectivity index (χ2n) is 3.91. The van der Waals surface area contributed by atoms with Crippen LogP contribution < -0.4 is 5.84 Å². The van der Waals surface area contributed by atoms with Crippen LogP contribution in [0.5, 0.6) is 0 Å². The molecule has 16 heavy (non-hydrogen) atoms. The molecule has 2 N–H and O–H groups in total. The summed E-state index contributed by atoms with van der Waals surface area (Å²) in [5.41, 5.74) is 2.34. The van der Waals surface area contributed by atoms with Gasteiger partial charge in [0.1, 0.15) is 0 Å². The first-order valence-electron chi connectivity index (χ1n) is 5.51. The van der Waals surface area contributed by atoms with Gasteiger partial charge in [0, 0.05) is 19.6 Å². The van der Waals surface area contributed by atoms with Gasteiger partial charge in [0.05, 0.1) is 19.4 Å². The number of hydrogen-bond acceptors (Lipinski definition) is 4. The van der Waals surface area contributed by atoms with Gasteiger partial charge in [0.2, 0.25) is 0 Å². The zero-order valence-electron chi connectivity index (χ0n) is 9.30. The summed E-state index contributed by atoms with van der Waals surface area (Å²) in [7, 11) is 0. The first-order chi connectivity index (χ1) is 7.88. The fourth-order valence-electron chi connectivity index (χ4n) is 1.88. The highest BCUT2D eigenvalue weighted by atomic mass is 16.5. The quantitative estimate of drug-likeness (QED) is 0.465. The van der Waals surface area contributed by atoms with Gasteiger partial charge in [-0.3, -0.25) is 4.90 Å². The molecule has 2 rings (SSSR count). The minimum Gasteiger partial charge on any atom is -0.379 e. The van der Waals surface area contributed by atoms with E-state index in [4.69, 9.17) is 10.6 Å². The average molecular weight is 219 g/mol. The Bertz CT molecular complexity index is 359. The van der Waals surface area contributed by atoms with Crippen LogP contribution in [0.1, 0.15) is 11.1 Å². The van der Waals surface area contributed by atoms with E-state index in [9.17, 15) is 0 Å². The lowest BCUT2D eigenvalue weighted by molar-refractivity contribution is 0.0342. The summed E-state index contributed by atoms with van der Waals surface area (Å²) in [5, 5.41) is 3.54. The van der Waals surface area contributed by atoms with Crippen molar-refractivity contribution >= 4 is 6.21 Å². The van der Waals surface area contributed by atoms with Crippen LogP contribution in [0.3, 0.4) is 0 Å². The lowest BCUT2D eigenvalue weighted by Gasteiger charge is -2.26. The number of ether oxygens (including phenoxy) is 1. The topological polar surface area (TPSA) is 50.8 Å². The van der Waals surface area contributed by atoms with E-state index >= 15 is 0 Å². The van der Waals surface area contributed by atoms with Gasteiger partial charge in [0.15, 0.2) is 0 Å². The summed E-state index contributed by atoms with van der Waals surface area (Å²) in [6, 6.07) is 8.28. The fraction of sp³-hybridized carbons (Fsp3) is 0.417. The summed E-state index contributed by atoms with van der Waals surface area (Å²) >= 11 is 0. The van der Waals surface area contributed by atoms with Crippen LogP contribution in [0, 0.1) is 0 Å². The van der Waals surface area contributed by atoms with Crippen molar-refractivity contribution in [3.63, 3.8) is 0 Å². The Morgan fingerprint density at radius 2 is 2.19 bits per heavy atom. The third kappa shape index (κ3) is 3.05. The molecule has 0 amide bonds. The Balaban J connectivity index is 1.99. The molecule has 86 valence electrons. The van der Waals surface area contributed by atoms with E-state index in [-0.39, 0.29) is 0 Å². The summed E-state index contributed by atoms with van der Waals surface area (Å²) in [4.78, 5) is 2.39. The predicted octanol–water partition coefficient (Wildman–Crippen LogP) is 0.811. The molecular formula is C12H17N3O. The minimum atomic E-state index is 0.837. The fourth-order valence-corrected chi connectivity index (χ4v) is 1.88. The van der Waals surface area contributed by atoms with E-state index in [2.05, 4.69) is 22.1 Å². The van der Waals surface area contributed by atoms with E-state index in [1.54, 1.807) is 6.21 Å². The molecule has 4 heteroatoms. The predicted molar refractivity (Wildman–Crippen MR) is 64.3 cm³/mol. The van der Waals surface area contributed by atoms with Crippen LogP contribution in [0.2, 0.25) is 0 Å². The van der Waals surface area contributed by atoms with Crippen LogP contribution in [0.4, 0.5) is 0 Å². The zero-order chi connectivity index (χ0) is 11.2. The van der Waals surface area contributed by atoms with Gasteiger partial charge in [-0.15, -0.1) is 0 Å². The maximum atomic E-state index is 5.32. The Morgan fingerprint density at radius 1 is 1.38 bits per heavy atom. The standard InChI is InChI=1S/C12H17N3O/c13-14-9-11-2-1-3-12(8-11)10-15-4-6-16-7-5-15/h1-3,8-9H,4-7,10,13H2. The number of morpholine rings is 1. The van der Waals surface area contributed by atoms with Crippen molar-refractivity contribution < 1.29 is 4.74 Å². The van der Waals surface area contributed by atoms with Gasteiger partial charge in [-0.1, -0.05) is 18.2 Å². The van der Waals surface area contributed by atoms with Crippen molar-refractivity contribution in [2.45, 2.75) is 6.54 Å². The summed E-state index contributed by atoms with van der Waals surface area (Å²) in [6.45, 7) is 4.66. The second kappa shape index (κ2) is 5.63. The molecule has 1 fully saturated rings. The number of nitrogens with two attached hydrogens (primary N) is 1. The summed E-state index contributed by atoms with van der Waals surface area (Å²) in [6.07, 6.45) is 1.67. The van der Waals surface area contributed by atoms with Gasteiger partial charge in [0.25, 0.3) is 0 Å². The van der Waals surface area contributed by atoms with Gasteiger partial charge in [-0.05, 0) is 17.2 Å². The van der Waals surface area contributed by atoms with E-state index < -0.39 is 0 Å². The van der Waals surface area contributed by atoms with Crippen molar-refractivity contribution in [2.24, 2.45) is 10.9 Å². The molecule has 4 nitrogen and oxygen atoms in total. The van der Waals surface area contributed by atoms with Crippen LogP contribution in [-0.4, -0.2) is 37.4 Å². The van der Waals surface area contributed by atoms with Crippen molar-refractivity contribution in [1.29, 1.82) is 0 Å². The Morgan fingerprint density at radius 3 is 2.94 bits per heavy atom. The Labute approximate surface area is 95.7 Å². The first-order valence-corrected chi connectivity index (χ1v) is 5.51. The molecule has 1 heterocycles. The van der Waals surface area contributed by atoms with E-state index in [0.717, 1.165) is 38.4 Å². The molecular weight excluding hydrogens is 202 g/mol. The molecule has 0 aromatic heterocycles. The molecule has 0 bridgehead atoms. The van der Waals surface area contributed by atoms with Gasteiger partial charge < -0.3 is 10.6 Å². The summed E-state index contributed by atoms with van der Waals surface area (Å²) < 4.78 is 5.32. The van der Waals surface area contributed by atoms with E-state index in [0.29, 0.717) is 0 Å². The molecule has 0 aliphatic carbocycles. The highest BCUT2D eigenvalue weighted by Crippen LogP contribution is 2.08. The lowest BCUT2D eigenvalue weighted by atomic mass is 10.1. The van der Waals surface area contributed by atoms with Crippen LogP contribution in [-0.2, 0) is 11.3 Å². The molecule has 0 spiro atoms. The average Bonchev–Trinajstić information content (AvgIpc) is 2.31. The van der Waals surface area contributed by atoms with Crippen molar-refractivity contribution in [1.82, 2.24) is 4.90 Å². The molecule has 1 aliphatic heterocycles. The first kappa shape index (κ1) is 11.1. The molecule has 0 saturated carbocycles. The van der Waals surface area contributed by atoms with E-state index in [1.807, 2.05) is 12.1 Å². The largest absolute Gasteiger partial charge is 0.379 e. The molecule has 1 aromatic rings. The molecule has 0 unspecified atom stereocenters. The van der Waals surface area contributed by atoms with Crippen LogP contribution in [0.25, 0.3) is 0 Å². The normalized spacial score (nSPS) is 18.0. The van der Waals surface area contributed by atoms with Crippen molar-refractivity contribution in [3.05, 3.63) is 35.4 Å². The maximum Gasteiger partial charge on any atom is 0.0594 e. The minimum absolute atomic E-state index is 0.837. The number of rotatable bonds is 3.